The number of hydrogen-bond donors (Lipinski definition) is 2. The van der Waals surface area contributed by atoms with Gasteiger partial charge >= 0.3 is 5.97 Å². The zero-order valence-electron chi connectivity index (χ0n) is 11.6. The average molecular weight is 297 g/mol. The molecule has 0 aromatic heterocycles. The Hall–Kier alpha value is -1.53. The monoisotopic (exact) mass is 297 g/mol. The van der Waals surface area contributed by atoms with Crippen molar-refractivity contribution in [2.24, 2.45) is 0 Å². The van der Waals surface area contributed by atoms with Crippen molar-refractivity contribution in [3.8, 4) is 0 Å². The van der Waals surface area contributed by atoms with Crippen LogP contribution in [0, 0.1) is 6.92 Å². The number of hydrogen-bond acceptors (Lipinski definition) is 4. The molecule has 0 aliphatic heterocycles. The second-order valence-electron chi connectivity index (χ2n) is 4.35. The van der Waals surface area contributed by atoms with Crippen molar-refractivity contribution in [2.75, 3.05) is 19.4 Å². The summed E-state index contributed by atoms with van der Waals surface area (Å²) in [6, 6.07) is 8.13. The molecule has 0 radical (unpaired) electrons. The summed E-state index contributed by atoms with van der Waals surface area (Å²) in [7, 11) is 1.30. The van der Waals surface area contributed by atoms with Crippen molar-refractivity contribution in [3.63, 3.8) is 0 Å². The molecule has 0 bridgehead atoms. The number of rotatable bonds is 8. The van der Waals surface area contributed by atoms with Crippen LogP contribution in [0.1, 0.15) is 11.1 Å². The van der Waals surface area contributed by atoms with Gasteiger partial charge in [0.15, 0.2) is 6.10 Å². The number of thioether (sulfide) groups is 1. The molecule has 1 atom stereocenters. The van der Waals surface area contributed by atoms with Gasteiger partial charge in [0.05, 0.1) is 12.3 Å². The smallest absolute Gasteiger partial charge is 0.334 e. The first-order chi connectivity index (χ1) is 9.52. The molecule has 1 aromatic rings. The van der Waals surface area contributed by atoms with Crippen molar-refractivity contribution < 1.29 is 19.4 Å². The maximum Gasteiger partial charge on any atom is 0.334 e. The SMILES string of the molecule is COC(CNC(=O)CSCc1ccc(C)cc1)C(=O)O. The van der Waals surface area contributed by atoms with Crippen LogP contribution in [-0.4, -0.2) is 42.5 Å². The standard InChI is InChI=1S/C14H19NO4S/c1-10-3-5-11(6-4-10)8-20-9-13(16)15-7-12(19-2)14(17)18/h3-6,12H,7-9H2,1-2H3,(H,15,16)(H,17,18). The van der Waals surface area contributed by atoms with E-state index in [2.05, 4.69) is 5.32 Å². The largest absolute Gasteiger partial charge is 0.479 e. The van der Waals surface area contributed by atoms with Gasteiger partial charge in [0.25, 0.3) is 0 Å². The van der Waals surface area contributed by atoms with Crippen molar-refractivity contribution in [1.29, 1.82) is 0 Å². The number of nitrogens with one attached hydrogen (secondary N) is 1. The van der Waals surface area contributed by atoms with E-state index in [0.717, 1.165) is 11.3 Å². The van der Waals surface area contributed by atoms with E-state index >= 15 is 0 Å². The fourth-order valence-corrected chi connectivity index (χ4v) is 2.29. The fraction of sp³-hybridized carbons (Fsp3) is 0.429. The summed E-state index contributed by atoms with van der Waals surface area (Å²) >= 11 is 1.49. The molecule has 5 nitrogen and oxygen atoms in total. The molecule has 0 aliphatic carbocycles. The van der Waals surface area contributed by atoms with Crippen molar-refractivity contribution in [2.45, 2.75) is 18.8 Å². The van der Waals surface area contributed by atoms with Gasteiger partial charge < -0.3 is 15.2 Å². The lowest BCUT2D eigenvalue weighted by Crippen LogP contribution is -2.38. The van der Waals surface area contributed by atoms with Crippen molar-refractivity contribution in [3.05, 3.63) is 35.4 Å². The Morgan fingerprint density at radius 2 is 2.00 bits per heavy atom. The Morgan fingerprint density at radius 1 is 1.35 bits per heavy atom. The first-order valence-electron chi connectivity index (χ1n) is 6.18. The Labute approximate surface area is 122 Å². The number of methoxy groups -OCH3 is 1. The summed E-state index contributed by atoms with van der Waals surface area (Å²) in [5.74, 6) is -0.227. The van der Waals surface area contributed by atoms with Crippen LogP contribution in [0.5, 0.6) is 0 Å². The zero-order valence-corrected chi connectivity index (χ0v) is 12.4. The van der Waals surface area contributed by atoms with E-state index in [-0.39, 0.29) is 12.5 Å². The van der Waals surface area contributed by atoms with Gasteiger partial charge in [0.1, 0.15) is 0 Å². The van der Waals surface area contributed by atoms with E-state index in [1.807, 2.05) is 31.2 Å². The topological polar surface area (TPSA) is 75.6 Å². The molecule has 0 saturated heterocycles. The van der Waals surface area contributed by atoms with E-state index in [4.69, 9.17) is 9.84 Å². The number of carboxylic acids is 1. The minimum Gasteiger partial charge on any atom is -0.479 e. The third-order valence-corrected chi connectivity index (χ3v) is 3.67. The summed E-state index contributed by atoms with van der Waals surface area (Å²) < 4.78 is 4.73. The average Bonchev–Trinajstić information content (AvgIpc) is 2.41. The number of carbonyl (C=O) groups is 2. The lowest BCUT2D eigenvalue weighted by atomic mass is 10.2. The Morgan fingerprint density at radius 3 is 2.55 bits per heavy atom. The molecule has 0 fully saturated rings. The summed E-state index contributed by atoms with van der Waals surface area (Å²) in [6.07, 6.45) is -0.999. The highest BCUT2D eigenvalue weighted by Gasteiger charge is 2.16. The predicted molar refractivity (Wildman–Crippen MR) is 78.8 cm³/mol. The lowest BCUT2D eigenvalue weighted by molar-refractivity contribution is -0.148. The van der Waals surface area contributed by atoms with Crippen LogP contribution in [0.25, 0.3) is 0 Å². The maximum absolute atomic E-state index is 11.5. The molecule has 1 rings (SSSR count). The van der Waals surface area contributed by atoms with Crippen LogP contribution in [0.15, 0.2) is 24.3 Å². The van der Waals surface area contributed by atoms with Crippen LogP contribution in [0.2, 0.25) is 0 Å². The summed E-state index contributed by atoms with van der Waals surface area (Å²) in [5.41, 5.74) is 2.37. The van der Waals surface area contributed by atoms with Gasteiger partial charge in [-0.3, -0.25) is 4.79 Å². The number of ether oxygens (including phenoxy) is 1. The molecule has 0 spiro atoms. The zero-order chi connectivity index (χ0) is 15.0. The van der Waals surface area contributed by atoms with Crippen LogP contribution in [-0.2, 0) is 20.1 Å². The molecule has 20 heavy (non-hydrogen) atoms. The van der Waals surface area contributed by atoms with E-state index in [1.54, 1.807) is 0 Å². The molecule has 110 valence electrons. The number of amides is 1. The van der Waals surface area contributed by atoms with Crippen molar-refractivity contribution >= 4 is 23.6 Å². The highest BCUT2D eigenvalue weighted by molar-refractivity contribution is 7.99. The minimum absolute atomic E-state index is 0.0181. The highest BCUT2D eigenvalue weighted by Crippen LogP contribution is 2.12. The molecule has 1 amide bonds. The second-order valence-corrected chi connectivity index (χ2v) is 5.33. The van der Waals surface area contributed by atoms with E-state index < -0.39 is 12.1 Å². The van der Waals surface area contributed by atoms with Gasteiger partial charge in [-0.2, -0.15) is 0 Å². The first kappa shape index (κ1) is 16.5. The van der Waals surface area contributed by atoms with Crippen LogP contribution in [0.4, 0.5) is 0 Å². The number of carboxylic acid groups (broad SMARTS) is 1. The minimum atomic E-state index is -1.08. The lowest BCUT2D eigenvalue weighted by Gasteiger charge is -2.11. The summed E-state index contributed by atoms with van der Waals surface area (Å²) in [5, 5.41) is 11.3. The van der Waals surface area contributed by atoms with Gasteiger partial charge in [0.2, 0.25) is 5.91 Å². The van der Waals surface area contributed by atoms with Gasteiger partial charge in [-0.05, 0) is 12.5 Å². The Kier molecular flexibility index (Phi) is 7.11. The van der Waals surface area contributed by atoms with Gasteiger partial charge in [-0.1, -0.05) is 29.8 Å². The Bertz CT molecular complexity index is 447. The van der Waals surface area contributed by atoms with Gasteiger partial charge in [-0.25, -0.2) is 4.79 Å². The molecule has 1 aromatic carbocycles. The van der Waals surface area contributed by atoms with Crippen LogP contribution >= 0.6 is 11.8 Å². The second kappa shape index (κ2) is 8.60. The van der Waals surface area contributed by atoms with E-state index in [1.165, 1.54) is 24.4 Å². The summed E-state index contributed by atoms with van der Waals surface area (Å²) in [6.45, 7) is 2.01. The number of carbonyl (C=O) groups excluding carboxylic acids is 1. The fourth-order valence-electron chi connectivity index (χ4n) is 1.47. The van der Waals surface area contributed by atoms with Gasteiger partial charge in [-0.15, -0.1) is 11.8 Å². The van der Waals surface area contributed by atoms with Crippen molar-refractivity contribution in [1.82, 2.24) is 5.32 Å². The first-order valence-corrected chi connectivity index (χ1v) is 7.34. The number of benzene rings is 1. The quantitative estimate of drug-likeness (QED) is 0.759. The molecule has 0 aliphatic rings. The molecule has 6 heteroatoms. The van der Waals surface area contributed by atoms with Crippen LogP contribution in [0.3, 0.4) is 0 Å². The summed E-state index contributed by atoms with van der Waals surface area (Å²) in [4.78, 5) is 22.2. The van der Waals surface area contributed by atoms with Crippen LogP contribution < -0.4 is 5.32 Å². The maximum atomic E-state index is 11.5. The molecular formula is C14H19NO4S. The Balaban J connectivity index is 2.23. The predicted octanol–water partition coefficient (Wildman–Crippen LogP) is 1.44. The van der Waals surface area contributed by atoms with E-state index in [0.29, 0.717) is 5.75 Å². The molecule has 1 unspecified atom stereocenters. The number of aliphatic carboxylic acids is 1. The third kappa shape index (κ3) is 6.08. The number of aryl methyl sites for hydroxylation is 1. The molecule has 0 heterocycles. The van der Waals surface area contributed by atoms with E-state index in [9.17, 15) is 9.59 Å². The normalized spacial score (nSPS) is 11.9. The molecule has 2 N–H and O–H groups in total. The molecule has 0 saturated carbocycles. The highest BCUT2D eigenvalue weighted by atomic mass is 32.2. The van der Waals surface area contributed by atoms with Gasteiger partial charge in [0, 0.05) is 12.9 Å². The third-order valence-electron chi connectivity index (χ3n) is 2.67. The molecular weight excluding hydrogens is 278 g/mol.